The second-order valence-electron chi connectivity index (χ2n) is 4.64. The summed E-state index contributed by atoms with van der Waals surface area (Å²) in [6.07, 6.45) is 0.207. The molecule has 0 aliphatic carbocycles. The van der Waals surface area contributed by atoms with Crippen LogP contribution in [0.15, 0.2) is 12.3 Å². The Morgan fingerprint density at radius 2 is 2.21 bits per heavy atom. The fraction of sp³-hybridized carbons (Fsp3) is 0.667. The maximum Gasteiger partial charge on any atom is 0.356 e. The standard InChI is InChI=1S/C12H17F2N3O2/c1-16-10(2-5-15-16)12(18)19-9-3-6-17(7-4-9)8-11(13)14/h2,5,9,11H,3-4,6-8H2,1H3. The molecule has 0 radical (unpaired) electrons. The van der Waals surface area contributed by atoms with Gasteiger partial charge >= 0.3 is 5.97 Å². The van der Waals surface area contributed by atoms with Crippen molar-refractivity contribution in [2.24, 2.45) is 7.05 Å². The number of rotatable bonds is 4. The third kappa shape index (κ3) is 3.73. The molecule has 0 bridgehead atoms. The number of alkyl halides is 2. The first-order valence-corrected chi connectivity index (χ1v) is 6.25. The molecule has 19 heavy (non-hydrogen) atoms. The SMILES string of the molecule is Cn1nccc1C(=O)OC1CCN(CC(F)F)CC1. The molecule has 1 saturated heterocycles. The molecule has 1 aromatic rings. The zero-order chi connectivity index (χ0) is 13.8. The van der Waals surface area contributed by atoms with E-state index in [0.29, 0.717) is 31.6 Å². The lowest BCUT2D eigenvalue weighted by Crippen LogP contribution is -2.40. The predicted molar refractivity (Wildman–Crippen MR) is 64.1 cm³/mol. The Labute approximate surface area is 110 Å². The number of piperidine rings is 1. The number of likely N-dealkylation sites (tertiary alicyclic amines) is 1. The van der Waals surface area contributed by atoms with Crippen LogP contribution in [-0.4, -0.2) is 52.8 Å². The summed E-state index contributed by atoms with van der Waals surface area (Å²) < 4.78 is 31.2. The van der Waals surface area contributed by atoms with Crippen LogP contribution >= 0.6 is 0 Å². The van der Waals surface area contributed by atoms with E-state index >= 15 is 0 Å². The Hall–Kier alpha value is -1.50. The van der Waals surface area contributed by atoms with Gasteiger partial charge in [-0.2, -0.15) is 5.10 Å². The number of aryl methyl sites for hydroxylation is 1. The summed E-state index contributed by atoms with van der Waals surface area (Å²) in [4.78, 5) is 13.5. The molecule has 2 heterocycles. The highest BCUT2D eigenvalue weighted by Gasteiger charge is 2.25. The van der Waals surface area contributed by atoms with E-state index in [2.05, 4.69) is 5.10 Å². The normalized spacial score (nSPS) is 17.9. The van der Waals surface area contributed by atoms with Crippen molar-refractivity contribution in [2.75, 3.05) is 19.6 Å². The van der Waals surface area contributed by atoms with Crippen molar-refractivity contribution in [3.05, 3.63) is 18.0 Å². The average Bonchev–Trinajstić information content (AvgIpc) is 2.77. The molecule has 1 aliphatic heterocycles. The molecule has 7 heteroatoms. The number of hydrogen-bond acceptors (Lipinski definition) is 4. The van der Waals surface area contributed by atoms with Crippen LogP contribution in [0.2, 0.25) is 0 Å². The quantitative estimate of drug-likeness (QED) is 0.776. The van der Waals surface area contributed by atoms with Crippen LogP contribution in [0.25, 0.3) is 0 Å². The minimum absolute atomic E-state index is 0.198. The summed E-state index contributed by atoms with van der Waals surface area (Å²) in [6, 6.07) is 1.59. The van der Waals surface area contributed by atoms with Crippen molar-refractivity contribution in [3.63, 3.8) is 0 Å². The van der Waals surface area contributed by atoms with E-state index in [0.717, 1.165) is 0 Å². The Morgan fingerprint density at radius 3 is 2.74 bits per heavy atom. The van der Waals surface area contributed by atoms with Gasteiger partial charge in [-0.3, -0.25) is 9.58 Å². The highest BCUT2D eigenvalue weighted by Crippen LogP contribution is 2.16. The van der Waals surface area contributed by atoms with Gasteiger partial charge in [0.2, 0.25) is 0 Å². The molecule has 0 saturated carbocycles. The van der Waals surface area contributed by atoms with Crippen molar-refractivity contribution >= 4 is 5.97 Å². The highest BCUT2D eigenvalue weighted by atomic mass is 19.3. The summed E-state index contributed by atoms with van der Waals surface area (Å²) in [7, 11) is 1.67. The third-order valence-corrected chi connectivity index (χ3v) is 3.23. The number of esters is 1. The van der Waals surface area contributed by atoms with E-state index in [1.54, 1.807) is 18.0 Å². The van der Waals surface area contributed by atoms with Crippen LogP contribution in [-0.2, 0) is 11.8 Å². The Morgan fingerprint density at radius 1 is 1.53 bits per heavy atom. The van der Waals surface area contributed by atoms with Gasteiger partial charge in [-0.05, 0) is 18.9 Å². The van der Waals surface area contributed by atoms with E-state index < -0.39 is 12.4 Å². The topological polar surface area (TPSA) is 47.4 Å². The fourth-order valence-electron chi connectivity index (χ4n) is 2.19. The minimum atomic E-state index is -2.31. The number of aromatic nitrogens is 2. The molecule has 0 amide bonds. The van der Waals surface area contributed by atoms with Crippen LogP contribution in [0.1, 0.15) is 23.3 Å². The highest BCUT2D eigenvalue weighted by molar-refractivity contribution is 5.87. The summed E-state index contributed by atoms with van der Waals surface area (Å²) in [5, 5.41) is 3.90. The summed E-state index contributed by atoms with van der Waals surface area (Å²) in [5.41, 5.74) is 0.398. The van der Waals surface area contributed by atoms with Crippen LogP contribution in [0.3, 0.4) is 0 Å². The molecule has 2 rings (SSSR count). The molecule has 1 fully saturated rings. The summed E-state index contributed by atoms with van der Waals surface area (Å²) in [5.74, 6) is -0.410. The lowest BCUT2D eigenvalue weighted by molar-refractivity contribution is 0.00137. The lowest BCUT2D eigenvalue weighted by atomic mass is 10.1. The van der Waals surface area contributed by atoms with Crippen molar-refractivity contribution in [2.45, 2.75) is 25.4 Å². The molecule has 106 valence electrons. The molecule has 1 aromatic heterocycles. The Balaban J connectivity index is 1.80. The van der Waals surface area contributed by atoms with Gasteiger partial charge in [-0.15, -0.1) is 0 Å². The largest absolute Gasteiger partial charge is 0.458 e. The average molecular weight is 273 g/mol. The number of hydrogen-bond donors (Lipinski definition) is 0. The van der Waals surface area contributed by atoms with E-state index in [1.807, 2.05) is 0 Å². The van der Waals surface area contributed by atoms with E-state index in [4.69, 9.17) is 4.74 Å². The first-order chi connectivity index (χ1) is 9.06. The monoisotopic (exact) mass is 273 g/mol. The summed E-state index contributed by atoms with van der Waals surface area (Å²) in [6.45, 7) is 0.865. The smallest absolute Gasteiger partial charge is 0.356 e. The second kappa shape index (κ2) is 6.10. The van der Waals surface area contributed by atoms with E-state index in [1.165, 1.54) is 10.9 Å². The van der Waals surface area contributed by atoms with Gasteiger partial charge in [0.05, 0.1) is 6.54 Å². The maximum atomic E-state index is 12.2. The molecular weight excluding hydrogens is 256 g/mol. The first kappa shape index (κ1) is 13.9. The van der Waals surface area contributed by atoms with Gasteiger partial charge in [0.15, 0.2) is 0 Å². The van der Waals surface area contributed by atoms with Crippen LogP contribution in [0.5, 0.6) is 0 Å². The summed E-state index contributed by atoms with van der Waals surface area (Å²) >= 11 is 0. The molecule has 0 atom stereocenters. The van der Waals surface area contributed by atoms with Gasteiger partial charge in [0, 0.05) is 26.3 Å². The van der Waals surface area contributed by atoms with Gasteiger partial charge in [0.1, 0.15) is 11.8 Å². The second-order valence-corrected chi connectivity index (χ2v) is 4.64. The molecule has 0 unspecified atom stereocenters. The third-order valence-electron chi connectivity index (χ3n) is 3.23. The number of ether oxygens (including phenoxy) is 1. The number of carbonyl (C=O) groups excluding carboxylic acids is 1. The van der Waals surface area contributed by atoms with Crippen molar-refractivity contribution < 1.29 is 18.3 Å². The van der Waals surface area contributed by atoms with E-state index in [-0.39, 0.29) is 12.6 Å². The molecule has 5 nitrogen and oxygen atoms in total. The zero-order valence-corrected chi connectivity index (χ0v) is 10.8. The van der Waals surface area contributed by atoms with Crippen LogP contribution < -0.4 is 0 Å². The lowest BCUT2D eigenvalue weighted by Gasteiger charge is -2.31. The Bertz CT molecular complexity index is 428. The van der Waals surface area contributed by atoms with Gasteiger partial charge < -0.3 is 4.74 Å². The molecular formula is C12H17F2N3O2. The van der Waals surface area contributed by atoms with Crippen LogP contribution in [0, 0.1) is 0 Å². The molecule has 1 aliphatic rings. The van der Waals surface area contributed by atoms with Crippen molar-refractivity contribution in [1.29, 1.82) is 0 Å². The molecule has 0 aromatic carbocycles. The Kier molecular flexibility index (Phi) is 4.47. The van der Waals surface area contributed by atoms with Crippen LogP contribution in [0.4, 0.5) is 8.78 Å². The first-order valence-electron chi connectivity index (χ1n) is 6.25. The maximum absolute atomic E-state index is 12.2. The zero-order valence-electron chi connectivity index (χ0n) is 10.8. The number of halogens is 2. The van der Waals surface area contributed by atoms with Crippen molar-refractivity contribution in [1.82, 2.24) is 14.7 Å². The van der Waals surface area contributed by atoms with Gasteiger partial charge in [0.25, 0.3) is 6.43 Å². The van der Waals surface area contributed by atoms with Gasteiger partial charge in [-0.1, -0.05) is 0 Å². The fourth-order valence-corrected chi connectivity index (χ4v) is 2.19. The molecule has 0 N–H and O–H groups in total. The number of carbonyl (C=O) groups is 1. The minimum Gasteiger partial charge on any atom is -0.458 e. The van der Waals surface area contributed by atoms with E-state index in [9.17, 15) is 13.6 Å². The predicted octanol–water partition coefficient (Wildman–Crippen LogP) is 1.31. The molecule has 0 spiro atoms. The number of nitrogens with zero attached hydrogens (tertiary/aromatic N) is 3. The van der Waals surface area contributed by atoms with Crippen molar-refractivity contribution in [3.8, 4) is 0 Å². The van der Waals surface area contributed by atoms with Gasteiger partial charge in [-0.25, -0.2) is 13.6 Å².